The second-order valence-corrected chi connectivity index (χ2v) is 6.28. The molecule has 1 amide bonds. The standard InChI is InChI=1S/C17H22N4O7/c22-8-12-14(24)15(25)16(26)17(28-12)27-9-13(23)18-6-10-7-21(20-19-10)11-4-2-1-3-5-11/h1-5,7,12,14-17,22,24-26H,6,8-9H2,(H,18,23)/t12-,14-,15+,16-,17-/m1/s1. The SMILES string of the molecule is O=C(CO[C@@H]1O[C@H](CO)[C@@H](O)[C@H](O)[C@H]1O)NCc1cn(-c2ccccc2)nn1. The van der Waals surface area contributed by atoms with Gasteiger partial charge in [0.1, 0.15) is 36.7 Å². The lowest BCUT2D eigenvalue weighted by Crippen LogP contribution is -2.59. The minimum Gasteiger partial charge on any atom is -0.394 e. The molecule has 1 aliphatic heterocycles. The van der Waals surface area contributed by atoms with E-state index in [0.717, 1.165) is 5.69 Å². The lowest BCUT2D eigenvalue weighted by atomic mass is 9.99. The number of carbonyl (C=O) groups excluding carboxylic acids is 1. The van der Waals surface area contributed by atoms with E-state index >= 15 is 0 Å². The van der Waals surface area contributed by atoms with Gasteiger partial charge in [0.15, 0.2) is 6.29 Å². The molecule has 5 atom stereocenters. The predicted octanol–water partition coefficient (Wildman–Crippen LogP) is -2.30. The fraction of sp³-hybridized carbons (Fsp3) is 0.471. The van der Waals surface area contributed by atoms with E-state index in [0.29, 0.717) is 5.69 Å². The Labute approximate surface area is 160 Å². The third-order valence-electron chi connectivity index (χ3n) is 4.26. The van der Waals surface area contributed by atoms with Gasteiger partial charge in [-0.15, -0.1) is 5.10 Å². The Hall–Kier alpha value is -2.41. The fourth-order valence-corrected chi connectivity index (χ4v) is 2.69. The quantitative estimate of drug-likeness (QED) is 0.348. The largest absolute Gasteiger partial charge is 0.394 e. The summed E-state index contributed by atoms with van der Waals surface area (Å²) in [7, 11) is 0. The number of aliphatic hydroxyl groups excluding tert-OH is 4. The summed E-state index contributed by atoms with van der Waals surface area (Å²) in [6.07, 6.45) is -5.39. The highest BCUT2D eigenvalue weighted by Gasteiger charge is 2.44. The van der Waals surface area contributed by atoms with Crippen molar-refractivity contribution in [1.82, 2.24) is 20.3 Å². The van der Waals surface area contributed by atoms with E-state index in [1.54, 1.807) is 10.9 Å². The molecule has 2 aromatic rings. The maximum absolute atomic E-state index is 11.9. The number of hydrogen-bond acceptors (Lipinski definition) is 9. The first-order chi connectivity index (χ1) is 13.5. The Kier molecular flexibility index (Phi) is 6.67. The van der Waals surface area contributed by atoms with Crippen LogP contribution >= 0.6 is 0 Å². The number of nitrogens with zero attached hydrogens (tertiary/aromatic N) is 3. The van der Waals surface area contributed by atoms with Crippen LogP contribution in [0.4, 0.5) is 0 Å². The number of ether oxygens (including phenoxy) is 2. The zero-order valence-corrected chi connectivity index (χ0v) is 14.8. The van der Waals surface area contributed by atoms with Crippen molar-refractivity contribution in [3.63, 3.8) is 0 Å². The van der Waals surface area contributed by atoms with Crippen molar-refractivity contribution in [2.24, 2.45) is 0 Å². The monoisotopic (exact) mass is 394 g/mol. The molecule has 11 heteroatoms. The second-order valence-electron chi connectivity index (χ2n) is 6.28. The first-order valence-electron chi connectivity index (χ1n) is 8.65. The summed E-state index contributed by atoms with van der Waals surface area (Å²) in [5.74, 6) is -0.508. The van der Waals surface area contributed by atoms with E-state index in [1.165, 1.54) is 0 Å². The van der Waals surface area contributed by atoms with Gasteiger partial charge in [0.2, 0.25) is 5.91 Å². The van der Waals surface area contributed by atoms with Crippen LogP contribution in [0.1, 0.15) is 5.69 Å². The molecule has 3 rings (SSSR count). The predicted molar refractivity (Wildman–Crippen MR) is 92.9 cm³/mol. The smallest absolute Gasteiger partial charge is 0.246 e. The van der Waals surface area contributed by atoms with Crippen molar-refractivity contribution in [3.8, 4) is 5.69 Å². The molecule has 1 aromatic heterocycles. The maximum atomic E-state index is 11.9. The lowest BCUT2D eigenvalue weighted by Gasteiger charge is -2.39. The van der Waals surface area contributed by atoms with Crippen molar-refractivity contribution in [3.05, 3.63) is 42.2 Å². The van der Waals surface area contributed by atoms with Gasteiger partial charge in [0, 0.05) is 0 Å². The molecule has 0 bridgehead atoms. The second kappa shape index (κ2) is 9.19. The van der Waals surface area contributed by atoms with Gasteiger partial charge in [-0.05, 0) is 12.1 Å². The van der Waals surface area contributed by atoms with Crippen LogP contribution < -0.4 is 5.32 Å². The van der Waals surface area contributed by atoms with Gasteiger partial charge >= 0.3 is 0 Å². The molecular formula is C17H22N4O7. The van der Waals surface area contributed by atoms with Crippen molar-refractivity contribution in [1.29, 1.82) is 0 Å². The van der Waals surface area contributed by atoms with Gasteiger partial charge in [-0.3, -0.25) is 4.79 Å². The van der Waals surface area contributed by atoms with E-state index in [1.807, 2.05) is 30.3 Å². The number of aliphatic hydroxyl groups is 4. The zero-order valence-electron chi connectivity index (χ0n) is 14.8. The summed E-state index contributed by atoms with van der Waals surface area (Å²) in [4.78, 5) is 11.9. The molecular weight excluding hydrogens is 372 g/mol. The Morgan fingerprint density at radius 3 is 2.64 bits per heavy atom. The molecule has 28 heavy (non-hydrogen) atoms. The summed E-state index contributed by atoms with van der Waals surface area (Å²) in [6.45, 7) is -0.923. The lowest BCUT2D eigenvalue weighted by molar-refractivity contribution is -0.299. The van der Waals surface area contributed by atoms with Crippen LogP contribution in [0.2, 0.25) is 0 Å². The van der Waals surface area contributed by atoms with Crippen molar-refractivity contribution in [2.45, 2.75) is 37.3 Å². The molecule has 11 nitrogen and oxygen atoms in total. The molecule has 1 saturated heterocycles. The zero-order chi connectivity index (χ0) is 20.1. The highest BCUT2D eigenvalue weighted by molar-refractivity contribution is 5.77. The minimum absolute atomic E-state index is 0.115. The molecule has 1 aliphatic rings. The molecule has 152 valence electrons. The number of para-hydroxylation sites is 1. The summed E-state index contributed by atoms with van der Waals surface area (Å²) < 4.78 is 11.9. The average molecular weight is 394 g/mol. The van der Waals surface area contributed by atoms with E-state index in [-0.39, 0.29) is 6.54 Å². The first kappa shape index (κ1) is 20.3. The maximum Gasteiger partial charge on any atom is 0.246 e. The van der Waals surface area contributed by atoms with Gasteiger partial charge in [-0.1, -0.05) is 23.4 Å². The van der Waals surface area contributed by atoms with Gasteiger partial charge in [0.25, 0.3) is 0 Å². The first-order valence-corrected chi connectivity index (χ1v) is 8.65. The number of nitrogens with one attached hydrogen (secondary N) is 1. The number of amides is 1. The van der Waals surface area contributed by atoms with E-state index < -0.39 is 49.8 Å². The third-order valence-corrected chi connectivity index (χ3v) is 4.26. The van der Waals surface area contributed by atoms with Gasteiger partial charge in [0.05, 0.1) is 25.0 Å². The topological polar surface area (TPSA) is 159 Å². The molecule has 1 fully saturated rings. The van der Waals surface area contributed by atoms with Gasteiger partial charge in [-0.2, -0.15) is 0 Å². The normalized spacial score (nSPS) is 27.5. The molecule has 5 N–H and O–H groups in total. The highest BCUT2D eigenvalue weighted by atomic mass is 16.7. The number of hydrogen-bond donors (Lipinski definition) is 5. The van der Waals surface area contributed by atoms with Crippen molar-refractivity contribution in [2.75, 3.05) is 13.2 Å². The number of rotatable bonds is 7. The fourth-order valence-electron chi connectivity index (χ4n) is 2.69. The van der Waals surface area contributed by atoms with Crippen molar-refractivity contribution >= 4 is 5.91 Å². The molecule has 2 heterocycles. The molecule has 0 unspecified atom stereocenters. The Morgan fingerprint density at radius 1 is 1.18 bits per heavy atom. The van der Waals surface area contributed by atoms with Crippen LogP contribution in [-0.4, -0.2) is 85.2 Å². The Morgan fingerprint density at radius 2 is 1.93 bits per heavy atom. The summed E-state index contributed by atoms with van der Waals surface area (Å²) in [5.41, 5.74) is 1.36. The summed E-state index contributed by atoms with van der Waals surface area (Å²) in [5, 5.41) is 48.9. The molecule has 1 aromatic carbocycles. The van der Waals surface area contributed by atoms with Gasteiger partial charge in [-0.25, -0.2) is 4.68 Å². The third kappa shape index (κ3) is 4.70. The van der Waals surface area contributed by atoms with Gasteiger partial charge < -0.3 is 35.2 Å². The van der Waals surface area contributed by atoms with Crippen LogP contribution in [0, 0.1) is 0 Å². The molecule has 0 radical (unpaired) electrons. The number of carbonyl (C=O) groups is 1. The van der Waals surface area contributed by atoms with Crippen LogP contribution in [0.3, 0.4) is 0 Å². The number of benzene rings is 1. The van der Waals surface area contributed by atoms with Crippen LogP contribution in [0.5, 0.6) is 0 Å². The van der Waals surface area contributed by atoms with E-state index in [4.69, 9.17) is 14.6 Å². The average Bonchev–Trinajstić information content (AvgIpc) is 3.20. The molecule has 0 saturated carbocycles. The minimum atomic E-state index is -1.56. The van der Waals surface area contributed by atoms with E-state index in [2.05, 4.69) is 15.6 Å². The highest BCUT2D eigenvalue weighted by Crippen LogP contribution is 2.21. The van der Waals surface area contributed by atoms with Crippen LogP contribution in [0.25, 0.3) is 5.69 Å². The van der Waals surface area contributed by atoms with Crippen LogP contribution in [-0.2, 0) is 20.8 Å². The van der Waals surface area contributed by atoms with Crippen LogP contribution in [0.15, 0.2) is 36.5 Å². The molecule has 0 aliphatic carbocycles. The Balaban J connectivity index is 1.47. The molecule has 0 spiro atoms. The summed E-state index contributed by atoms with van der Waals surface area (Å²) >= 11 is 0. The summed E-state index contributed by atoms with van der Waals surface area (Å²) in [6, 6.07) is 9.36. The van der Waals surface area contributed by atoms with Crippen molar-refractivity contribution < 1.29 is 34.7 Å². The number of aromatic nitrogens is 3. The van der Waals surface area contributed by atoms with E-state index in [9.17, 15) is 20.1 Å². The Bertz CT molecular complexity index is 770.